The lowest BCUT2D eigenvalue weighted by Gasteiger charge is -2.33. The number of carbonyl (C=O) groups is 2. The molecule has 1 aromatic heterocycles. The lowest BCUT2D eigenvalue weighted by molar-refractivity contribution is -0.150. The molecule has 1 amide bonds. The third-order valence-corrected chi connectivity index (χ3v) is 5.70. The Balaban J connectivity index is 1.78. The van der Waals surface area contributed by atoms with Crippen LogP contribution in [0.5, 0.6) is 0 Å². The van der Waals surface area contributed by atoms with Crippen molar-refractivity contribution < 1.29 is 31.9 Å². The van der Waals surface area contributed by atoms with Gasteiger partial charge < -0.3 is 9.64 Å². The molecule has 0 aliphatic carbocycles. The molecule has 0 N–H and O–H groups in total. The Bertz CT molecular complexity index is 1100. The van der Waals surface area contributed by atoms with Gasteiger partial charge in [0.25, 0.3) is 0 Å². The predicted molar refractivity (Wildman–Crippen MR) is 99.6 cm³/mol. The number of carbonyl (C=O) groups excluding carboxylic acids is 2. The molecule has 3 heterocycles. The molecule has 0 radical (unpaired) electrons. The highest BCUT2D eigenvalue weighted by Crippen LogP contribution is 2.40. The molecule has 0 saturated carbocycles. The Morgan fingerprint density at radius 1 is 1.29 bits per heavy atom. The van der Waals surface area contributed by atoms with Gasteiger partial charge in [0.15, 0.2) is 11.5 Å². The normalized spacial score (nSPS) is 21.2. The number of amides is 1. The number of rotatable bonds is 3. The number of hydrogen-bond donors (Lipinski definition) is 0. The van der Waals surface area contributed by atoms with Crippen molar-refractivity contribution in [1.29, 1.82) is 0 Å². The van der Waals surface area contributed by atoms with Crippen molar-refractivity contribution in [3.63, 3.8) is 0 Å². The van der Waals surface area contributed by atoms with Crippen molar-refractivity contribution in [2.45, 2.75) is 37.5 Å². The molecule has 2 aliphatic heterocycles. The molecular weight excluding hydrogens is 444 g/mol. The molecule has 12 heteroatoms. The van der Waals surface area contributed by atoms with Crippen molar-refractivity contribution in [1.82, 2.24) is 19.9 Å². The average molecular weight is 459 g/mol. The molecule has 7 nitrogen and oxygen atoms in total. The molecule has 4 rings (SSSR count). The smallest absolute Gasteiger partial charge is 0.436 e. The minimum atomic E-state index is -4.73. The zero-order chi connectivity index (χ0) is 22.5. The SMILES string of the molecule is COC(=O)C1CCC2CC(c3c(-n4cc(C(F)(F)F)nn4)ccc(Cl)c3F)=CC(=O)N21. The third kappa shape index (κ3) is 3.67. The molecule has 0 bridgehead atoms. The first kappa shape index (κ1) is 21.3. The van der Waals surface area contributed by atoms with E-state index in [-0.39, 0.29) is 34.3 Å². The quantitative estimate of drug-likeness (QED) is 0.520. The molecule has 1 saturated heterocycles. The van der Waals surface area contributed by atoms with Gasteiger partial charge in [-0.25, -0.2) is 13.9 Å². The van der Waals surface area contributed by atoms with Gasteiger partial charge in [0.2, 0.25) is 5.91 Å². The fourth-order valence-corrected chi connectivity index (χ4v) is 4.20. The number of ether oxygens (including phenoxy) is 1. The molecular formula is C19H15ClF4N4O3. The molecule has 2 aliphatic rings. The number of hydrogen-bond acceptors (Lipinski definition) is 5. The summed E-state index contributed by atoms with van der Waals surface area (Å²) in [5.41, 5.74) is -1.18. The van der Waals surface area contributed by atoms with Crippen LogP contribution in [0.1, 0.15) is 30.5 Å². The Morgan fingerprint density at radius 3 is 2.68 bits per heavy atom. The Kier molecular flexibility index (Phi) is 5.24. The first-order valence-electron chi connectivity index (χ1n) is 9.20. The van der Waals surface area contributed by atoms with Gasteiger partial charge in [-0.1, -0.05) is 16.8 Å². The van der Waals surface area contributed by atoms with E-state index in [4.69, 9.17) is 16.3 Å². The lowest BCUT2D eigenvalue weighted by Crippen LogP contribution is -2.46. The van der Waals surface area contributed by atoms with Crippen LogP contribution in [0.15, 0.2) is 24.4 Å². The first-order chi connectivity index (χ1) is 14.6. The first-order valence-corrected chi connectivity index (χ1v) is 9.58. The van der Waals surface area contributed by atoms with E-state index >= 15 is 4.39 Å². The van der Waals surface area contributed by atoms with Gasteiger partial charge in [-0.2, -0.15) is 13.2 Å². The number of benzene rings is 1. The minimum Gasteiger partial charge on any atom is -0.467 e. The summed E-state index contributed by atoms with van der Waals surface area (Å²) in [5.74, 6) is -1.94. The molecule has 2 aromatic rings. The Morgan fingerprint density at radius 2 is 2.03 bits per heavy atom. The predicted octanol–water partition coefficient (Wildman–Crippen LogP) is 3.40. The van der Waals surface area contributed by atoms with E-state index in [2.05, 4.69) is 10.3 Å². The van der Waals surface area contributed by atoms with E-state index in [1.54, 1.807) is 0 Å². The van der Waals surface area contributed by atoms with E-state index in [0.717, 1.165) is 10.8 Å². The molecule has 0 spiro atoms. The number of halogens is 5. The van der Waals surface area contributed by atoms with Crippen molar-refractivity contribution in [3.8, 4) is 5.69 Å². The van der Waals surface area contributed by atoms with Crippen LogP contribution in [0.4, 0.5) is 17.6 Å². The van der Waals surface area contributed by atoms with Gasteiger partial charge >= 0.3 is 12.1 Å². The summed E-state index contributed by atoms with van der Waals surface area (Å²) in [6.45, 7) is 0. The highest BCUT2D eigenvalue weighted by atomic mass is 35.5. The lowest BCUT2D eigenvalue weighted by atomic mass is 9.92. The average Bonchev–Trinajstić information content (AvgIpc) is 3.36. The maximum atomic E-state index is 15.0. The summed E-state index contributed by atoms with van der Waals surface area (Å²) in [4.78, 5) is 26.1. The van der Waals surface area contributed by atoms with Gasteiger partial charge in [0, 0.05) is 17.7 Å². The van der Waals surface area contributed by atoms with Crippen molar-refractivity contribution in [2.24, 2.45) is 0 Å². The molecule has 2 unspecified atom stereocenters. The van der Waals surface area contributed by atoms with E-state index < -0.39 is 35.6 Å². The fourth-order valence-electron chi connectivity index (χ4n) is 4.04. The molecule has 2 atom stereocenters. The zero-order valence-electron chi connectivity index (χ0n) is 16.0. The summed E-state index contributed by atoms with van der Waals surface area (Å²) in [7, 11) is 1.23. The summed E-state index contributed by atoms with van der Waals surface area (Å²) in [5, 5.41) is 6.30. The second kappa shape index (κ2) is 7.63. The largest absolute Gasteiger partial charge is 0.467 e. The van der Waals surface area contributed by atoms with Crippen molar-refractivity contribution in [3.05, 3.63) is 46.5 Å². The standard InChI is InChI=1S/C19H15ClF4N4O3/c1-31-18(30)13-4-2-10-6-9(7-15(29)28(10)13)16-12(5-3-11(20)17(16)21)27-8-14(25-26-27)19(22,23)24/h3,5,7-8,10,13H,2,4,6H2,1H3. The van der Waals surface area contributed by atoms with E-state index in [1.165, 1.54) is 24.1 Å². The Hall–Kier alpha value is -2.95. The van der Waals surface area contributed by atoms with Gasteiger partial charge in [0.1, 0.15) is 6.04 Å². The second-order valence-electron chi connectivity index (χ2n) is 7.19. The van der Waals surface area contributed by atoms with Gasteiger partial charge in [-0.15, -0.1) is 5.10 Å². The number of aromatic nitrogens is 3. The highest BCUT2D eigenvalue weighted by molar-refractivity contribution is 6.31. The maximum Gasteiger partial charge on any atom is 0.436 e. The van der Waals surface area contributed by atoms with E-state index in [9.17, 15) is 22.8 Å². The van der Waals surface area contributed by atoms with Gasteiger partial charge in [-0.3, -0.25) is 4.79 Å². The molecule has 1 aromatic carbocycles. The zero-order valence-corrected chi connectivity index (χ0v) is 16.7. The van der Waals surface area contributed by atoms with Crippen LogP contribution in [0, 0.1) is 5.82 Å². The number of methoxy groups -OCH3 is 1. The number of alkyl halides is 3. The van der Waals surface area contributed by atoms with E-state index in [1.807, 2.05) is 0 Å². The summed E-state index contributed by atoms with van der Waals surface area (Å²) in [6, 6.07) is 1.38. The maximum absolute atomic E-state index is 15.0. The van der Waals surface area contributed by atoms with Crippen LogP contribution in [0.25, 0.3) is 11.3 Å². The van der Waals surface area contributed by atoms with Crippen LogP contribution < -0.4 is 0 Å². The van der Waals surface area contributed by atoms with Crippen molar-refractivity contribution >= 4 is 29.1 Å². The molecule has 164 valence electrons. The van der Waals surface area contributed by atoms with Crippen LogP contribution in [0.2, 0.25) is 5.02 Å². The summed E-state index contributed by atoms with van der Waals surface area (Å²) < 4.78 is 59.4. The Labute approximate surface area is 178 Å². The van der Waals surface area contributed by atoms with Gasteiger partial charge in [-0.05, 0) is 37.0 Å². The second-order valence-corrected chi connectivity index (χ2v) is 7.60. The summed E-state index contributed by atoms with van der Waals surface area (Å²) in [6.07, 6.45) is -1.86. The van der Waals surface area contributed by atoms with Crippen molar-refractivity contribution in [2.75, 3.05) is 7.11 Å². The van der Waals surface area contributed by atoms with Gasteiger partial charge in [0.05, 0.1) is 24.0 Å². The van der Waals surface area contributed by atoms with Crippen LogP contribution in [-0.2, 0) is 20.5 Å². The van der Waals surface area contributed by atoms with Crippen LogP contribution in [-0.4, -0.2) is 51.0 Å². The van der Waals surface area contributed by atoms with E-state index in [0.29, 0.717) is 19.0 Å². The summed E-state index contributed by atoms with van der Waals surface area (Å²) >= 11 is 5.92. The number of esters is 1. The topological polar surface area (TPSA) is 77.3 Å². The number of nitrogens with zero attached hydrogens (tertiary/aromatic N) is 4. The third-order valence-electron chi connectivity index (χ3n) is 5.41. The highest BCUT2D eigenvalue weighted by Gasteiger charge is 2.44. The molecule has 31 heavy (non-hydrogen) atoms. The van der Waals surface area contributed by atoms with Crippen LogP contribution >= 0.6 is 11.6 Å². The fraction of sp³-hybridized carbons (Fsp3) is 0.368. The van der Waals surface area contributed by atoms with Crippen LogP contribution in [0.3, 0.4) is 0 Å². The monoisotopic (exact) mass is 458 g/mol. The number of fused-ring (bicyclic) bond motifs is 1. The molecule has 1 fully saturated rings. The minimum absolute atomic E-state index is 0.0417.